The molecule has 21 heavy (non-hydrogen) atoms. The largest absolute Gasteiger partial charge is 0.480 e. The Morgan fingerprint density at radius 1 is 1.38 bits per heavy atom. The summed E-state index contributed by atoms with van der Waals surface area (Å²) in [6.45, 7) is 2.55. The predicted octanol–water partition coefficient (Wildman–Crippen LogP) is 0.00210. The molecule has 8 nitrogen and oxygen atoms in total. The lowest BCUT2D eigenvalue weighted by molar-refractivity contribution is -0.138. The van der Waals surface area contributed by atoms with Crippen LogP contribution in [-0.2, 0) is 14.8 Å². The van der Waals surface area contributed by atoms with Gasteiger partial charge in [-0.05, 0) is 25.8 Å². The molecule has 0 unspecified atom stereocenters. The number of carbonyl (C=O) groups excluding carboxylic acids is 1. The van der Waals surface area contributed by atoms with Gasteiger partial charge in [-0.2, -0.15) is 4.72 Å². The molecule has 1 amide bonds. The molecule has 1 aliphatic heterocycles. The summed E-state index contributed by atoms with van der Waals surface area (Å²) in [7, 11) is -3.97. The molecule has 1 atom stereocenters. The van der Waals surface area contributed by atoms with Gasteiger partial charge in [0, 0.05) is 19.3 Å². The maximum Gasteiger partial charge on any atom is 0.321 e. The molecule has 1 fully saturated rings. The van der Waals surface area contributed by atoms with Crippen LogP contribution in [0.5, 0.6) is 0 Å². The van der Waals surface area contributed by atoms with Gasteiger partial charge in [-0.15, -0.1) is 0 Å². The van der Waals surface area contributed by atoms with Gasteiger partial charge in [-0.3, -0.25) is 9.59 Å². The predicted molar refractivity (Wildman–Crippen MR) is 73.3 cm³/mol. The minimum Gasteiger partial charge on any atom is -0.480 e. The number of carboxylic acid groups (broad SMARTS) is 1. The molecule has 1 aromatic rings. The van der Waals surface area contributed by atoms with Gasteiger partial charge in [0.25, 0.3) is 5.91 Å². The Hall–Kier alpha value is -1.87. The highest BCUT2D eigenvalue weighted by molar-refractivity contribution is 7.89. The van der Waals surface area contributed by atoms with Crippen molar-refractivity contribution in [2.75, 3.05) is 13.1 Å². The minimum absolute atomic E-state index is 0.154. The molecule has 1 aliphatic rings. The summed E-state index contributed by atoms with van der Waals surface area (Å²) in [6, 6.07) is -0.0278. The van der Waals surface area contributed by atoms with E-state index < -0.39 is 22.0 Å². The summed E-state index contributed by atoms with van der Waals surface area (Å²) in [5, 5.41) is 8.73. The number of aliphatic carboxylic acids is 1. The minimum atomic E-state index is -3.97. The maximum absolute atomic E-state index is 12.1. The molecule has 0 radical (unpaired) electrons. The van der Waals surface area contributed by atoms with Crippen molar-refractivity contribution in [2.24, 2.45) is 0 Å². The number of amides is 1. The molecule has 9 heteroatoms. The Bertz CT molecular complexity index is 646. The van der Waals surface area contributed by atoms with Gasteiger partial charge >= 0.3 is 5.97 Å². The molecule has 116 valence electrons. The van der Waals surface area contributed by atoms with E-state index in [1.54, 1.807) is 4.90 Å². The fraction of sp³-hybridized carbons (Fsp3) is 0.500. The quantitative estimate of drug-likeness (QED) is 0.706. The molecule has 0 aliphatic carbocycles. The first-order valence-corrected chi connectivity index (χ1v) is 8.02. The van der Waals surface area contributed by atoms with Crippen LogP contribution >= 0.6 is 0 Å². The van der Waals surface area contributed by atoms with Crippen molar-refractivity contribution in [1.82, 2.24) is 14.6 Å². The zero-order valence-electron chi connectivity index (χ0n) is 11.5. The molecule has 3 N–H and O–H groups in total. The Balaban J connectivity index is 2.15. The van der Waals surface area contributed by atoms with Gasteiger partial charge in [0.2, 0.25) is 10.0 Å². The highest BCUT2D eigenvalue weighted by Crippen LogP contribution is 2.16. The Labute approximate surface area is 122 Å². The van der Waals surface area contributed by atoms with E-state index in [4.69, 9.17) is 5.11 Å². The van der Waals surface area contributed by atoms with Crippen molar-refractivity contribution in [3.63, 3.8) is 0 Å². The van der Waals surface area contributed by atoms with Crippen LogP contribution in [0.1, 0.15) is 30.3 Å². The first-order valence-electron chi connectivity index (χ1n) is 6.54. The first-order chi connectivity index (χ1) is 9.81. The van der Waals surface area contributed by atoms with Gasteiger partial charge in [0.15, 0.2) is 0 Å². The highest BCUT2D eigenvalue weighted by atomic mass is 32.2. The molecular weight excluding hydrogens is 298 g/mol. The normalized spacial score (nSPS) is 16.9. The third kappa shape index (κ3) is 3.42. The number of aromatic nitrogens is 1. The van der Waals surface area contributed by atoms with Gasteiger partial charge in [0.05, 0.1) is 0 Å². The van der Waals surface area contributed by atoms with Gasteiger partial charge < -0.3 is 15.0 Å². The number of carbonyl (C=O) groups is 2. The van der Waals surface area contributed by atoms with Crippen LogP contribution in [0, 0.1) is 0 Å². The van der Waals surface area contributed by atoms with Gasteiger partial charge in [-0.25, -0.2) is 8.42 Å². The second kappa shape index (κ2) is 5.86. The fourth-order valence-corrected chi connectivity index (χ4v) is 3.28. The van der Waals surface area contributed by atoms with E-state index in [0.29, 0.717) is 13.1 Å². The zero-order valence-corrected chi connectivity index (χ0v) is 12.3. The molecule has 1 saturated heterocycles. The number of likely N-dealkylation sites (tertiary alicyclic amines) is 1. The zero-order chi connectivity index (χ0) is 15.6. The number of nitrogens with one attached hydrogen (secondary N) is 2. The number of H-pyrrole nitrogens is 1. The number of rotatable bonds is 5. The van der Waals surface area contributed by atoms with Gasteiger partial charge in [0.1, 0.15) is 16.6 Å². The smallest absolute Gasteiger partial charge is 0.321 e. The van der Waals surface area contributed by atoms with E-state index >= 15 is 0 Å². The molecule has 0 spiro atoms. The lowest BCUT2D eigenvalue weighted by atomic mass is 10.4. The molecule has 1 aromatic heterocycles. The average Bonchev–Trinajstić information content (AvgIpc) is 3.09. The van der Waals surface area contributed by atoms with Crippen molar-refractivity contribution in [3.8, 4) is 0 Å². The number of sulfonamides is 1. The topological polar surface area (TPSA) is 120 Å². The Morgan fingerprint density at radius 3 is 2.57 bits per heavy atom. The standard InChI is InChI=1S/C12H17N3O5S/c1-8(12(17)18)14-21(19,20)9-6-10(13-7-9)11(16)15-4-2-3-5-15/h6-8,13-14H,2-5H2,1H3,(H,17,18)/t8-/m1/s1. The monoisotopic (exact) mass is 315 g/mol. The summed E-state index contributed by atoms with van der Waals surface area (Å²) >= 11 is 0. The summed E-state index contributed by atoms with van der Waals surface area (Å²) in [4.78, 5) is 26.9. The van der Waals surface area contributed by atoms with E-state index in [1.165, 1.54) is 19.2 Å². The van der Waals surface area contributed by atoms with Crippen LogP contribution in [0.3, 0.4) is 0 Å². The first kappa shape index (κ1) is 15.5. The van der Waals surface area contributed by atoms with Crippen LogP contribution in [-0.4, -0.2) is 54.4 Å². The van der Waals surface area contributed by atoms with E-state index in [9.17, 15) is 18.0 Å². The highest BCUT2D eigenvalue weighted by Gasteiger charge is 2.25. The van der Waals surface area contributed by atoms with Crippen molar-refractivity contribution in [1.29, 1.82) is 0 Å². The third-order valence-corrected chi connectivity index (χ3v) is 4.81. The van der Waals surface area contributed by atoms with Crippen LogP contribution in [0.15, 0.2) is 17.2 Å². The number of carboxylic acids is 1. The van der Waals surface area contributed by atoms with E-state index in [1.807, 2.05) is 4.72 Å². The summed E-state index contributed by atoms with van der Waals surface area (Å²) in [6.07, 6.45) is 3.06. The van der Waals surface area contributed by atoms with Crippen LogP contribution in [0.4, 0.5) is 0 Å². The second-order valence-electron chi connectivity index (χ2n) is 4.93. The van der Waals surface area contributed by atoms with Crippen LogP contribution in [0.2, 0.25) is 0 Å². The number of aromatic amines is 1. The summed E-state index contributed by atoms with van der Waals surface area (Å²) in [5.41, 5.74) is 0.181. The third-order valence-electron chi connectivity index (χ3n) is 3.29. The number of nitrogens with zero attached hydrogens (tertiary/aromatic N) is 1. The van der Waals surface area contributed by atoms with Crippen molar-refractivity contribution >= 4 is 21.9 Å². The lowest BCUT2D eigenvalue weighted by Crippen LogP contribution is -2.38. The van der Waals surface area contributed by atoms with Gasteiger partial charge in [-0.1, -0.05) is 0 Å². The van der Waals surface area contributed by atoms with Crippen LogP contribution in [0.25, 0.3) is 0 Å². The summed E-state index contributed by atoms with van der Waals surface area (Å²) in [5.74, 6) is -1.53. The molecule has 0 aromatic carbocycles. The number of hydrogen-bond donors (Lipinski definition) is 3. The maximum atomic E-state index is 12.1. The molecular formula is C12H17N3O5S. The molecule has 2 heterocycles. The second-order valence-corrected chi connectivity index (χ2v) is 6.64. The van der Waals surface area contributed by atoms with E-state index in [0.717, 1.165) is 12.8 Å². The molecule has 0 bridgehead atoms. The SMILES string of the molecule is C[C@@H](NS(=O)(=O)c1c[nH]c(C(=O)N2CCCC2)c1)C(=O)O. The van der Waals surface area contributed by atoms with E-state index in [2.05, 4.69) is 4.98 Å². The van der Waals surface area contributed by atoms with Crippen molar-refractivity contribution < 1.29 is 23.1 Å². The summed E-state index contributed by atoms with van der Waals surface area (Å²) < 4.78 is 26.0. The Kier molecular flexibility index (Phi) is 4.33. The average molecular weight is 315 g/mol. The molecule has 0 saturated carbocycles. The van der Waals surface area contributed by atoms with Crippen LogP contribution < -0.4 is 4.72 Å². The van der Waals surface area contributed by atoms with Crippen molar-refractivity contribution in [2.45, 2.75) is 30.7 Å². The van der Waals surface area contributed by atoms with E-state index in [-0.39, 0.29) is 16.5 Å². The Morgan fingerprint density at radius 2 is 2.00 bits per heavy atom. The number of hydrogen-bond acceptors (Lipinski definition) is 4. The lowest BCUT2D eigenvalue weighted by Gasteiger charge is -2.13. The fourth-order valence-electron chi connectivity index (χ4n) is 2.09. The van der Waals surface area contributed by atoms with Crippen molar-refractivity contribution in [3.05, 3.63) is 18.0 Å². The molecule has 2 rings (SSSR count).